The summed E-state index contributed by atoms with van der Waals surface area (Å²) in [6.07, 6.45) is 0. The number of anilines is 1. The molecule has 0 bridgehead atoms. The van der Waals surface area contributed by atoms with Crippen molar-refractivity contribution >= 4 is 27.5 Å². The molecular weight excluding hydrogens is 390 g/mol. The maximum Gasteiger partial charge on any atom is 0.262 e. The average molecular weight is 418 g/mol. The zero-order valence-corrected chi connectivity index (χ0v) is 18.1. The molecule has 0 heterocycles. The number of rotatable bonds is 6. The summed E-state index contributed by atoms with van der Waals surface area (Å²) < 4.78 is 28.9. The van der Waals surface area contributed by atoms with Gasteiger partial charge in [-0.3, -0.25) is 14.3 Å². The highest BCUT2D eigenvalue weighted by Crippen LogP contribution is 2.30. The fourth-order valence-electron chi connectivity index (χ4n) is 2.77. The zero-order chi connectivity index (χ0) is 22.0. The Morgan fingerprint density at radius 1 is 1.07 bits per heavy atom. The average Bonchev–Trinajstić information content (AvgIpc) is 2.60. The summed E-state index contributed by atoms with van der Waals surface area (Å²) in [4.78, 5) is 23.4. The first kappa shape index (κ1) is 22.4. The second-order valence-electron chi connectivity index (χ2n) is 7.97. The quantitative estimate of drug-likeness (QED) is 0.669. The van der Waals surface area contributed by atoms with Gasteiger partial charge in [0.1, 0.15) is 0 Å². The second-order valence-corrected chi connectivity index (χ2v) is 9.62. The molecule has 0 atom stereocenters. The van der Waals surface area contributed by atoms with Crippen molar-refractivity contribution in [2.24, 2.45) is 5.73 Å². The molecule has 0 aliphatic carbocycles. The van der Waals surface area contributed by atoms with Crippen LogP contribution in [0.3, 0.4) is 0 Å². The molecule has 4 N–H and O–H groups in total. The molecule has 0 aliphatic rings. The predicted molar refractivity (Wildman–Crippen MR) is 113 cm³/mol. The molecule has 2 rings (SSSR count). The van der Waals surface area contributed by atoms with Crippen LogP contribution in [0.25, 0.3) is 0 Å². The smallest absolute Gasteiger partial charge is 0.262 e. The van der Waals surface area contributed by atoms with Crippen LogP contribution in [-0.4, -0.2) is 26.8 Å². The number of nitrogens with two attached hydrogens (primary N) is 1. The van der Waals surface area contributed by atoms with Crippen LogP contribution in [0.2, 0.25) is 0 Å². The fraction of sp³-hybridized carbons (Fsp3) is 0.333. The first-order valence-electron chi connectivity index (χ1n) is 9.13. The predicted octanol–water partition coefficient (Wildman–Crippen LogP) is 2.62. The van der Waals surface area contributed by atoms with Gasteiger partial charge in [-0.2, -0.15) is 0 Å². The lowest BCUT2D eigenvalue weighted by Crippen LogP contribution is -2.33. The summed E-state index contributed by atoms with van der Waals surface area (Å²) in [6, 6.07) is 9.84. The Hall–Kier alpha value is -2.87. The number of benzene rings is 2. The van der Waals surface area contributed by atoms with Gasteiger partial charge in [-0.25, -0.2) is 8.42 Å². The molecule has 0 unspecified atom stereocenters. The monoisotopic (exact) mass is 417 g/mol. The highest BCUT2D eigenvalue weighted by atomic mass is 32.2. The zero-order valence-electron chi connectivity index (χ0n) is 17.3. The molecule has 0 radical (unpaired) electrons. The van der Waals surface area contributed by atoms with Crippen molar-refractivity contribution in [1.82, 2.24) is 5.32 Å². The van der Waals surface area contributed by atoms with Crippen LogP contribution < -0.4 is 15.8 Å². The van der Waals surface area contributed by atoms with Crippen molar-refractivity contribution in [1.29, 1.82) is 0 Å². The molecule has 0 saturated heterocycles. The van der Waals surface area contributed by atoms with E-state index >= 15 is 0 Å². The standard InChI is InChI=1S/C21H27N3O4S/c1-13-10-15(21(3,4)5)11-18(14(13)2)29(27,28)24-17-9-7-6-8-16(17)20(26)23-12-19(22)25/h6-11,24H,12H2,1-5H3,(H2,22,25)(H,23,26). The highest BCUT2D eigenvalue weighted by Gasteiger charge is 2.24. The van der Waals surface area contributed by atoms with Crippen LogP contribution in [0.15, 0.2) is 41.3 Å². The Morgan fingerprint density at radius 3 is 2.28 bits per heavy atom. The van der Waals surface area contributed by atoms with E-state index in [4.69, 9.17) is 5.73 Å². The van der Waals surface area contributed by atoms with Gasteiger partial charge in [0.2, 0.25) is 5.91 Å². The van der Waals surface area contributed by atoms with Crippen molar-refractivity contribution in [3.8, 4) is 0 Å². The van der Waals surface area contributed by atoms with Gasteiger partial charge in [0.25, 0.3) is 15.9 Å². The number of nitrogens with one attached hydrogen (secondary N) is 2. The molecule has 29 heavy (non-hydrogen) atoms. The van der Waals surface area contributed by atoms with Crippen molar-refractivity contribution < 1.29 is 18.0 Å². The lowest BCUT2D eigenvalue weighted by Gasteiger charge is -2.22. The second kappa shape index (κ2) is 8.24. The summed E-state index contributed by atoms with van der Waals surface area (Å²) in [5.74, 6) is -1.29. The van der Waals surface area contributed by atoms with Gasteiger partial charge in [0.15, 0.2) is 0 Å². The molecular formula is C21H27N3O4S. The summed E-state index contributed by atoms with van der Waals surface area (Å²) in [5.41, 5.74) is 7.44. The number of aryl methyl sites for hydroxylation is 1. The third kappa shape index (κ3) is 5.35. The van der Waals surface area contributed by atoms with E-state index in [9.17, 15) is 18.0 Å². The van der Waals surface area contributed by atoms with E-state index in [1.807, 2.05) is 33.8 Å². The molecule has 156 valence electrons. The van der Waals surface area contributed by atoms with Gasteiger partial charge in [0, 0.05) is 0 Å². The topological polar surface area (TPSA) is 118 Å². The number of carbonyl (C=O) groups excluding carboxylic acids is 2. The van der Waals surface area contributed by atoms with Gasteiger partial charge >= 0.3 is 0 Å². The Bertz CT molecular complexity index is 1050. The molecule has 2 amide bonds. The van der Waals surface area contributed by atoms with Gasteiger partial charge in [0.05, 0.1) is 22.7 Å². The molecule has 8 heteroatoms. The number of primary amides is 1. The maximum atomic E-state index is 13.2. The normalized spacial score (nSPS) is 11.8. The molecule has 0 spiro atoms. The van der Waals surface area contributed by atoms with E-state index in [1.165, 1.54) is 12.1 Å². The van der Waals surface area contributed by atoms with Gasteiger partial charge < -0.3 is 11.1 Å². The van der Waals surface area contributed by atoms with E-state index < -0.39 is 21.8 Å². The Kier molecular flexibility index (Phi) is 6.37. The molecule has 0 fully saturated rings. The first-order chi connectivity index (χ1) is 13.3. The number of hydrogen-bond donors (Lipinski definition) is 3. The van der Waals surface area contributed by atoms with E-state index in [0.717, 1.165) is 11.1 Å². The minimum atomic E-state index is -3.96. The lowest BCUT2D eigenvalue weighted by atomic mass is 9.85. The SMILES string of the molecule is Cc1cc(C(C)(C)C)cc(S(=O)(=O)Nc2ccccc2C(=O)NCC(N)=O)c1C. The molecule has 2 aromatic rings. The third-order valence-corrected chi connectivity index (χ3v) is 6.11. The molecule has 2 aromatic carbocycles. The van der Waals surface area contributed by atoms with Crippen LogP contribution in [-0.2, 0) is 20.2 Å². The molecule has 0 aliphatic heterocycles. The Morgan fingerprint density at radius 2 is 1.69 bits per heavy atom. The Balaban J connectivity index is 2.47. The number of carbonyl (C=O) groups is 2. The van der Waals surface area contributed by atoms with Crippen LogP contribution in [0.4, 0.5) is 5.69 Å². The van der Waals surface area contributed by atoms with Crippen molar-refractivity contribution in [3.05, 3.63) is 58.7 Å². The largest absolute Gasteiger partial charge is 0.368 e. The number of hydrogen-bond acceptors (Lipinski definition) is 4. The van der Waals surface area contributed by atoms with Crippen LogP contribution in [0, 0.1) is 13.8 Å². The van der Waals surface area contributed by atoms with Crippen LogP contribution >= 0.6 is 0 Å². The van der Waals surface area contributed by atoms with Gasteiger partial charge in [-0.05, 0) is 54.2 Å². The fourth-order valence-corrected chi connectivity index (χ4v) is 4.20. The number of sulfonamides is 1. The molecule has 0 saturated carbocycles. The number of amides is 2. The minimum Gasteiger partial charge on any atom is -0.368 e. The van der Waals surface area contributed by atoms with E-state index in [0.29, 0.717) is 5.56 Å². The summed E-state index contributed by atoms with van der Waals surface area (Å²) >= 11 is 0. The highest BCUT2D eigenvalue weighted by molar-refractivity contribution is 7.92. The van der Waals surface area contributed by atoms with Crippen molar-refractivity contribution in [2.75, 3.05) is 11.3 Å². The Labute approximate surface area is 171 Å². The van der Waals surface area contributed by atoms with Crippen molar-refractivity contribution in [3.63, 3.8) is 0 Å². The summed E-state index contributed by atoms with van der Waals surface area (Å²) in [6.45, 7) is 9.32. The minimum absolute atomic E-state index is 0.0960. The molecule has 0 aromatic heterocycles. The van der Waals surface area contributed by atoms with E-state index in [1.54, 1.807) is 25.1 Å². The van der Waals surface area contributed by atoms with Crippen LogP contribution in [0.1, 0.15) is 47.8 Å². The number of para-hydroxylation sites is 1. The van der Waals surface area contributed by atoms with E-state index in [2.05, 4.69) is 10.0 Å². The maximum absolute atomic E-state index is 13.2. The summed E-state index contributed by atoms with van der Waals surface area (Å²) in [7, 11) is -3.96. The van der Waals surface area contributed by atoms with Crippen LogP contribution in [0.5, 0.6) is 0 Å². The lowest BCUT2D eigenvalue weighted by molar-refractivity contribution is -0.117. The molecule has 7 nitrogen and oxygen atoms in total. The first-order valence-corrected chi connectivity index (χ1v) is 10.6. The van der Waals surface area contributed by atoms with Crippen molar-refractivity contribution in [2.45, 2.75) is 44.9 Å². The van der Waals surface area contributed by atoms with Gasteiger partial charge in [-0.1, -0.05) is 39.0 Å². The third-order valence-electron chi connectivity index (χ3n) is 4.61. The summed E-state index contributed by atoms with van der Waals surface area (Å²) in [5, 5.41) is 2.37. The van der Waals surface area contributed by atoms with Gasteiger partial charge in [-0.15, -0.1) is 0 Å². The van der Waals surface area contributed by atoms with E-state index in [-0.39, 0.29) is 28.1 Å².